The predicted molar refractivity (Wildman–Crippen MR) is 64.4 cm³/mol. The Morgan fingerprint density at radius 3 is 2.67 bits per heavy atom. The molecule has 0 aromatic heterocycles. The summed E-state index contributed by atoms with van der Waals surface area (Å²) in [5.41, 5.74) is 1.86. The van der Waals surface area contributed by atoms with Crippen molar-refractivity contribution >= 4 is 27.1 Å². The largest absolute Gasteiger partial charge is 0.383 e. The Morgan fingerprint density at radius 1 is 1.40 bits per heavy atom. The van der Waals surface area contributed by atoms with Crippen molar-refractivity contribution in [3.05, 3.63) is 28.8 Å². The van der Waals surface area contributed by atoms with Gasteiger partial charge in [0.25, 0.3) is 0 Å². The Kier molecular flexibility index (Phi) is 3.99. The van der Waals surface area contributed by atoms with Crippen molar-refractivity contribution in [3.8, 4) is 0 Å². The summed E-state index contributed by atoms with van der Waals surface area (Å²) in [4.78, 5) is 0. The third-order valence-corrected chi connectivity index (χ3v) is 3.19. The van der Waals surface area contributed by atoms with Crippen LogP contribution >= 0.6 is 11.6 Å². The highest BCUT2D eigenvalue weighted by molar-refractivity contribution is 7.90. The lowest BCUT2D eigenvalue weighted by atomic mass is 10.2. The summed E-state index contributed by atoms with van der Waals surface area (Å²) in [6.45, 7) is 2.33. The molecule has 1 N–H and O–H groups in total. The molecule has 3 nitrogen and oxygen atoms in total. The van der Waals surface area contributed by atoms with Crippen LogP contribution in [0.5, 0.6) is 0 Å². The Hall–Kier alpha value is -0.740. The van der Waals surface area contributed by atoms with Gasteiger partial charge >= 0.3 is 0 Å². The fourth-order valence-corrected chi connectivity index (χ4v) is 1.80. The summed E-state index contributed by atoms with van der Waals surface area (Å²) in [7, 11) is -2.92. The van der Waals surface area contributed by atoms with Crippen molar-refractivity contribution in [1.29, 1.82) is 0 Å². The lowest BCUT2D eigenvalue weighted by molar-refractivity contribution is 0.602. The summed E-state index contributed by atoms with van der Waals surface area (Å²) in [6.07, 6.45) is 1.21. The maximum atomic E-state index is 10.9. The van der Waals surface area contributed by atoms with Crippen LogP contribution in [0.3, 0.4) is 0 Å². The highest BCUT2D eigenvalue weighted by atomic mass is 35.5. The number of hydrogen-bond donors (Lipinski definition) is 1. The molecular weight excluding hydrogens is 234 g/mol. The lowest BCUT2D eigenvalue weighted by Gasteiger charge is -2.08. The van der Waals surface area contributed by atoms with Gasteiger partial charge in [-0.15, -0.1) is 0 Å². The Morgan fingerprint density at radius 2 is 2.07 bits per heavy atom. The van der Waals surface area contributed by atoms with Crippen molar-refractivity contribution < 1.29 is 8.42 Å². The molecule has 15 heavy (non-hydrogen) atoms. The number of hydrogen-bond acceptors (Lipinski definition) is 3. The summed E-state index contributed by atoms with van der Waals surface area (Å²) in [5.74, 6) is 0.108. The molecule has 5 heteroatoms. The van der Waals surface area contributed by atoms with Crippen molar-refractivity contribution in [2.45, 2.75) is 6.92 Å². The fourth-order valence-electron chi connectivity index (χ4n) is 1.15. The Bertz CT molecular complexity index is 443. The lowest BCUT2D eigenvalue weighted by Crippen LogP contribution is -2.14. The quantitative estimate of drug-likeness (QED) is 0.887. The van der Waals surface area contributed by atoms with Gasteiger partial charge in [0, 0.05) is 12.8 Å². The second kappa shape index (κ2) is 4.86. The van der Waals surface area contributed by atoms with E-state index in [4.69, 9.17) is 11.6 Å². The zero-order valence-corrected chi connectivity index (χ0v) is 10.3. The molecule has 0 bridgehead atoms. The first-order valence-corrected chi connectivity index (χ1v) is 7.00. The minimum absolute atomic E-state index is 0.108. The van der Waals surface area contributed by atoms with Gasteiger partial charge in [-0.1, -0.05) is 17.7 Å². The average molecular weight is 248 g/mol. The van der Waals surface area contributed by atoms with Crippen LogP contribution < -0.4 is 5.32 Å². The standard InChI is InChI=1S/C10H14ClNO2S/c1-8-3-4-9(11)10(7-8)12-5-6-15(2,13)14/h3-4,7,12H,5-6H2,1-2H3. The number of rotatable bonds is 4. The summed E-state index contributed by atoms with van der Waals surface area (Å²) < 4.78 is 21.8. The van der Waals surface area contributed by atoms with Crippen molar-refractivity contribution in [1.82, 2.24) is 0 Å². The van der Waals surface area contributed by atoms with Gasteiger partial charge in [0.1, 0.15) is 9.84 Å². The molecule has 84 valence electrons. The molecule has 0 saturated heterocycles. The van der Waals surface area contributed by atoms with E-state index in [1.165, 1.54) is 6.26 Å². The number of nitrogens with one attached hydrogen (secondary N) is 1. The molecule has 0 fully saturated rings. The van der Waals surface area contributed by atoms with Gasteiger partial charge in [-0.25, -0.2) is 8.42 Å². The minimum atomic E-state index is -2.92. The first kappa shape index (κ1) is 12.3. The van der Waals surface area contributed by atoms with Crippen LogP contribution in [-0.2, 0) is 9.84 Å². The second-order valence-electron chi connectivity index (χ2n) is 3.54. The van der Waals surface area contributed by atoms with E-state index >= 15 is 0 Å². The molecule has 0 atom stereocenters. The van der Waals surface area contributed by atoms with Gasteiger partial charge in [-0.2, -0.15) is 0 Å². The predicted octanol–water partition coefficient (Wildman–Crippen LogP) is 2.10. The normalized spacial score (nSPS) is 11.4. The van der Waals surface area contributed by atoms with Crippen molar-refractivity contribution in [3.63, 3.8) is 0 Å². The molecule has 1 aromatic rings. The highest BCUT2D eigenvalue weighted by Gasteiger charge is 2.03. The molecule has 0 aliphatic heterocycles. The molecular formula is C10H14ClNO2S. The van der Waals surface area contributed by atoms with E-state index in [9.17, 15) is 8.42 Å². The van der Waals surface area contributed by atoms with Crippen LogP contribution in [0, 0.1) is 6.92 Å². The third-order valence-electron chi connectivity index (χ3n) is 1.91. The second-order valence-corrected chi connectivity index (χ2v) is 6.21. The maximum absolute atomic E-state index is 10.9. The van der Waals surface area contributed by atoms with E-state index in [0.29, 0.717) is 11.6 Å². The van der Waals surface area contributed by atoms with E-state index in [2.05, 4.69) is 5.32 Å². The van der Waals surface area contributed by atoms with Crippen LogP contribution in [0.25, 0.3) is 0 Å². The smallest absolute Gasteiger partial charge is 0.149 e. The SMILES string of the molecule is Cc1ccc(Cl)c(NCCS(C)(=O)=O)c1. The molecule has 0 aliphatic rings. The first-order valence-electron chi connectivity index (χ1n) is 4.56. The van der Waals surface area contributed by atoms with Crippen LogP contribution in [0.2, 0.25) is 5.02 Å². The zero-order chi connectivity index (χ0) is 11.5. The summed E-state index contributed by atoms with van der Waals surface area (Å²) >= 11 is 5.93. The first-order chi connectivity index (χ1) is 6.88. The van der Waals surface area contributed by atoms with Gasteiger partial charge in [0.15, 0.2) is 0 Å². The van der Waals surface area contributed by atoms with E-state index in [-0.39, 0.29) is 5.75 Å². The number of sulfone groups is 1. The van der Waals surface area contributed by atoms with Gasteiger partial charge in [-0.3, -0.25) is 0 Å². The molecule has 0 heterocycles. The van der Waals surface area contributed by atoms with E-state index in [0.717, 1.165) is 11.3 Å². The van der Waals surface area contributed by atoms with Crippen molar-refractivity contribution in [2.24, 2.45) is 0 Å². The maximum Gasteiger partial charge on any atom is 0.149 e. The molecule has 0 radical (unpaired) electrons. The molecule has 0 unspecified atom stereocenters. The van der Waals surface area contributed by atoms with Crippen LogP contribution in [0.4, 0.5) is 5.69 Å². The van der Waals surface area contributed by atoms with Gasteiger partial charge < -0.3 is 5.32 Å². The van der Waals surface area contributed by atoms with Gasteiger partial charge in [-0.05, 0) is 24.6 Å². The molecule has 1 aromatic carbocycles. The molecule has 1 rings (SSSR count). The molecule has 0 spiro atoms. The van der Waals surface area contributed by atoms with E-state index < -0.39 is 9.84 Å². The Labute approximate surface area is 95.4 Å². The minimum Gasteiger partial charge on any atom is -0.383 e. The zero-order valence-electron chi connectivity index (χ0n) is 8.75. The average Bonchev–Trinajstić information content (AvgIpc) is 2.09. The van der Waals surface area contributed by atoms with E-state index in [1.54, 1.807) is 6.07 Å². The topological polar surface area (TPSA) is 46.2 Å². The Balaban J connectivity index is 2.61. The summed E-state index contributed by atoms with van der Waals surface area (Å²) in [6, 6.07) is 5.59. The number of aryl methyl sites for hydroxylation is 1. The number of anilines is 1. The molecule has 0 amide bonds. The molecule has 0 saturated carbocycles. The van der Waals surface area contributed by atoms with Crippen LogP contribution in [0.1, 0.15) is 5.56 Å². The van der Waals surface area contributed by atoms with E-state index in [1.807, 2.05) is 19.1 Å². The van der Waals surface area contributed by atoms with Gasteiger partial charge in [0.05, 0.1) is 16.5 Å². The van der Waals surface area contributed by atoms with Crippen LogP contribution in [-0.4, -0.2) is 27.0 Å². The number of benzene rings is 1. The van der Waals surface area contributed by atoms with Crippen molar-refractivity contribution in [2.75, 3.05) is 23.9 Å². The number of halogens is 1. The molecule has 0 aliphatic carbocycles. The summed E-state index contributed by atoms with van der Waals surface area (Å²) in [5, 5.41) is 3.60. The van der Waals surface area contributed by atoms with Crippen LogP contribution in [0.15, 0.2) is 18.2 Å². The fraction of sp³-hybridized carbons (Fsp3) is 0.400. The third kappa shape index (κ3) is 4.53. The monoisotopic (exact) mass is 247 g/mol. The highest BCUT2D eigenvalue weighted by Crippen LogP contribution is 2.22. The van der Waals surface area contributed by atoms with Gasteiger partial charge in [0.2, 0.25) is 0 Å².